The Morgan fingerprint density at radius 3 is 1.76 bits per heavy atom. The number of unbranched alkanes of at least 4 members (excludes halogenated alkanes) is 3. The van der Waals surface area contributed by atoms with Gasteiger partial charge in [0.15, 0.2) is 0 Å². The van der Waals surface area contributed by atoms with Crippen LogP contribution in [0.25, 0.3) is 0 Å². The van der Waals surface area contributed by atoms with Crippen LogP contribution in [0, 0.1) is 0 Å². The Hall–Kier alpha value is -0.410. The Morgan fingerprint density at radius 2 is 1.44 bits per heavy atom. The number of carbonyl (C=O) groups is 2. The summed E-state index contributed by atoms with van der Waals surface area (Å²) in [5.41, 5.74) is 0.295. The summed E-state index contributed by atoms with van der Waals surface area (Å²) in [5, 5.41) is -0.133. The van der Waals surface area contributed by atoms with Crippen LogP contribution >= 0.6 is 20.8 Å². The van der Waals surface area contributed by atoms with E-state index in [-0.39, 0.29) is 5.85 Å². The van der Waals surface area contributed by atoms with Gasteiger partial charge in [-0.25, -0.2) is 0 Å². The first-order valence-corrected chi connectivity index (χ1v) is 14.4. The molecule has 0 aliphatic heterocycles. The van der Waals surface area contributed by atoms with Crippen molar-refractivity contribution in [3.8, 4) is 0 Å². The van der Waals surface area contributed by atoms with Crippen molar-refractivity contribution in [2.24, 2.45) is 0 Å². The normalized spacial score (nSPS) is 14.2. The van der Waals surface area contributed by atoms with Gasteiger partial charge < -0.3 is 0 Å². The Balaban J connectivity index is 5.41. The maximum atomic E-state index is 12.2. The molecule has 0 aromatic rings. The zero-order valence-electron chi connectivity index (χ0n) is 16.7. The standard InChI is InChI=1S/C19H37BrNO3P/c1-7-10-13-25(20,14-11-8-2,15-12-9-3)17(6)24-19(23)21-18(22)16(4)5/h17H,4,7-15H2,1-3,5-6H3,(H,21,22,23). The zero-order chi connectivity index (χ0) is 19.5. The molecule has 1 atom stereocenters. The fraction of sp³-hybridized carbons (Fsp3) is 0.789. The van der Waals surface area contributed by atoms with Crippen LogP contribution in [0.3, 0.4) is 0 Å². The summed E-state index contributed by atoms with van der Waals surface area (Å²) in [6.45, 7) is 13.7. The van der Waals surface area contributed by atoms with E-state index in [1.54, 1.807) is 6.92 Å². The van der Waals surface area contributed by atoms with Gasteiger partial charge in [0.25, 0.3) is 0 Å². The molecule has 0 aliphatic rings. The number of rotatable bonds is 12. The number of alkyl carbamates (subject to hydrolysis) is 1. The topological polar surface area (TPSA) is 55.4 Å². The molecule has 148 valence electrons. The van der Waals surface area contributed by atoms with Gasteiger partial charge in [-0.2, -0.15) is 0 Å². The number of imide groups is 1. The van der Waals surface area contributed by atoms with E-state index in [4.69, 9.17) is 4.74 Å². The first-order valence-electron chi connectivity index (χ1n) is 9.53. The SMILES string of the molecule is C=C(C)C(=O)NC(=O)OC(C)P(Br)(CCCC)(CCCC)CCCC. The first kappa shape index (κ1) is 24.6. The van der Waals surface area contributed by atoms with Crippen molar-refractivity contribution >= 4 is 32.8 Å². The first-order chi connectivity index (χ1) is 11.6. The second-order valence-electron chi connectivity index (χ2n) is 7.15. The van der Waals surface area contributed by atoms with Gasteiger partial charge in [0, 0.05) is 0 Å². The number of hydrogen-bond acceptors (Lipinski definition) is 3. The van der Waals surface area contributed by atoms with Crippen LogP contribution in [0.4, 0.5) is 4.79 Å². The van der Waals surface area contributed by atoms with Gasteiger partial charge in [0.05, 0.1) is 0 Å². The Kier molecular flexibility index (Phi) is 11.1. The predicted molar refractivity (Wildman–Crippen MR) is 114 cm³/mol. The molecule has 1 N–H and O–H groups in total. The van der Waals surface area contributed by atoms with E-state index in [9.17, 15) is 9.59 Å². The molecule has 0 fully saturated rings. The molecular formula is C19H37BrNO3P. The number of amides is 2. The quantitative estimate of drug-likeness (QED) is 0.282. The van der Waals surface area contributed by atoms with Crippen LogP contribution in [0.1, 0.15) is 73.1 Å². The van der Waals surface area contributed by atoms with E-state index in [1.165, 1.54) is 0 Å². The molecule has 0 radical (unpaired) electrons. The molecule has 0 aliphatic carbocycles. The molecule has 25 heavy (non-hydrogen) atoms. The van der Waals surface area contributed by atoms with E-state index in [0.717, 1.165) is 57.0 Å². The predicted octanol–water partition coefficient (Wildman–Crippen LogP) is 6.42. The second-order valence-corrected chi connectivity index (χ2v) is 18.3. The van der Waals surface area contributed by atoms with Crippen LogP contribution in [-0.4, -0.2) is 36.3 Å². The van der Waals surface area contributed by atoms with Gasteiger partial charge in [-0.15, -0.1) is 0 Å². The average Bonchev–Trinajstić information content (AvgIpc) is 2.56. The molecule has 0 heterocycles. The molecule has 0 saturated carbocycles. The third-order valence-corrected chi connectivity index (χ3v) is 15.9. The number of nitrogens with one attached hydrogen (secondary N) is 1. The number of hydrogen-bond donors (Lipinski definition) is 1. The minimum absolute atomic E-state index is 0.214. The van der Waals surface area contributed by atoms with Crippen molar-refractivity contribution in [1.82, 2.24) is 5.32 Å². The van der Waals surface area contributed by atoms with Crippen LogP contribution in [0.2, 0.25) is 0 Å². The third-order valence-electron chi connectivity index (χ3n) is 4.91. The molecule has 0 rings (SSSR count). The van der Waals surface area contributed by atoms with Crippen LogP contribution in [0.5, 0.6) is 0 Å². The number of carbonyl (C=O) groups excluding carboxylic acids is 2. The van der Waals surface area contributed by atoms with Crippen molar-refractivity contribution < 1.29 is 14.3 Å². The fourth-order valence-corrected chi connectivity index (χ4v) is 10.8. The molecule has 4 nitrogen and oxygen atoms in total. The van der Waals surface area contributed by atoms with Gasteiger partial charge in [-0.3, -0.25) is 0 Å². The minimum atomic E-state index is -2.40. The van der Waals surface area contributed by atoms with Crippen LogP contribution in [-0.2, 0) is 9.53 Å². The molecular weight excluding hydrogens is 401 g/mol. The van der Waals surface area contributed by atoms with Crippen molar-refractivity contribution in [2.45, 2.75) is 79.0 Å². The van der Waals surface area contributed by atoms with E-state index >= 15 is 0 Å². The van der Waals surface area contributed by atoms with Crippen LogP contribution < -0.4 is 5.32 Å². The van der Waals surface area contributed by atoms with Crippen molar-refractivity contribution in [2.75, 3.05) is 18.5 Å². The zero-order valence-corrected chi connectivity index (χ0v) is 19.2. The summed E-state index contributed by atoms with van der Waals surface area (Å²) in [6, 6.07) is 0. The van der Waals surface area contributed by atoms with Crippen molar-refractivity contribution in [3.63, 3.8) is 0 Å². The summed E-state index contributed by atoms with van der Waals surface area (Å²) in [4.78, 5) is 23.9. The molecule has 1 unspecified atom stereocenters. The molecule has 0 aromatic carbocycles. The molecule has 0 aromatic heterocycles. The molecule has 2 amide bonds. The van der Waals surface area contributed by atoms with Gasteiger partial charge >= 0.3 is 162 Å². The third kappa shape index (κ3) is 7.78. The molecule has 0 spiro atoms. The van der Waals surface area contributed by atoms with Crippen molar-refractivity contribution in [1.29, 1.82) is 0 Å². The van der Waals surface area contributed by atoms with Gasteiger partial charge in [-0.1, -0.05) is 0 Å². The molecule has 6 heteroatoms. The fourth-order valence-electron chi connectivity index (χ4n) is 2.99. The van der Waals surface area contributed by atoms with Gasteiger partial charge in [0.2, 0.25) is 0 Å². The average molecular weight is 438 g/mol. The summed E-state index contributed by atoms with van der Waals surface area (Å²) >= 11 is 4.21. The van der Waals surface area contributed by atoms with E-state index < -0.39 is 17.3 Å². The second kappa shape index (κ2) is 11.3. The van der Waals surface area contributed by atoms with Gasteiger partial charge in [-0.05, 0) is 0 Å². The molecule has 0 saturated heterocycles. The Morgan fingerprint density at radius 1 is 1.04 bits per heavy atom. The van der Waals surface area contributed by atoms with E-state index in [2.05, 4.69) is 48.2 Å². The number of ether oxygens (including phenoxy) is 1. The monoisotopic (exact) mass is 437 g/mol. The van der Waals surface area contributed by atoms with E-state index in [0.29, 0.717) is 5.57 Å². The summed E-state index contributed by atoms with van der Waals surface area (Å²) in [7, 11) is 0. The summed E-state index contributed by atoms with van der Waals surface area (Å²) in [5.74, 6) is -0.698. The number of halogens is 1. The summed E-state index contributed by atoms with van der Waals surface area (Å²) < 4.78 is 5.73. The van der Waals surface area contributed by atoms with Gasteiger partial charge in [0.1, 0.15) is 0 Å². The molecule has 0 bridgehead atoms. The maximum absolute atomic E-state index is 12.2. The van der Waals surface area contributed by atoms with E-state index in [1.807, 2.05) is 6.92 Å². The van der Waals surface area contributed by atoms with Crippen LogP contribution in [0.15, 0.2) is 12.2 Å². The Bertz CT molecular complexity index is 443. The summed E-state index contributed by atoms with van der Waals surface area (Å²) in [6.07, 6.45) is 9.28. The Labute approximate surface area is 162 Å². The van der Waals surface area contributed by atoms with Crippen molar-refractivity contribution in [3.05, 3.63) is 12.2 Å².